The highest BCUT2D eigenvalue weighted by Gasteiger charge is 2.36. The van der Waals surface area contributed by atoms with Crippen molar-refractivity contribution in [2.75, 3.05) is 13.1 Å². The summed E-state index contributed by atoms with van der Waals surface area (Å²) >= 11 is 6.07. The van der Waals surface area contributed by atoms with Crippen LogP contribution in [0.15, 0.2) is 30.3 Å². The van der Waals surface area contributed by atoms with Gasteiger partial charge in [0.05, 0.1) is 23.3 Å². The van der Waals surface area contributed by atoms with Gasteiger partial charge in [0.2, 0.25) is 0 Å². The summed E-state index contributed by atoms with van der Waals surface area (Å²) < 4.78 is 5.79. The van der Waals surface area contributed by atoms with Gasteiger partial charge in [-0.15, -0.1) is 0 Å². The highest BCUT2D eigenvalue weighted by atomic mass is 35.5. The van der Waals surface area contributed by atoms with Crippen molar-refractivity contribution in [3.8, 4) is 0 Å². The third-order valence-corrected chi connectivity index (χ3v) is 4.44. The van der Waals surface area contributed by atoms with E-state index in [0.717, 1.165) is 23.7 Å². The van der Waals surface area contributed by atoms with E-state index in [0.29, 0.717) is 23.8 Å². The number of carbonyl (C=O) groups excluding carboxylic acids is 1. The summed E-state index contributed by atoms with van der Waals surface area (Å²) in [6.45, 7) is 1.34. The molecule has 1 amide bonds. The van der Waals surface area contributed by atoms with E-state index in [9.17, 15) is 4.79 Å². The standard InChI is InChI=1S/C16H15ClN2O2/c17-15-7-13(12-3-1-2-4-14(12)18-15)16(20)19-8-10-5-6-11(9-19)21-10/h1-4,7,10-11H,5-6,8-9H2. The molecular weight excluding hydrogens is 288 g/mol. The Kier molecular flexibility index (Phi) is 3.08. The molecule has 2 bridgehead atoms. The maximum absolute atomic E-state index is 12.9. The number of morpholine rings is 1. The molecule has 0 saturated carbocycles. The predicted molar refractivity (Wildman–Crippen MR) is 80.6 cm³/mol. The van der Waals surface area contributed by atoms with Gasteiger partial charge >= 0.3 is 0 Å². The Morgan fingerprint density at radius 3 is 2.71 bits per heavy atom. The number of rotatable bonds is 1. The fraction of sp³-hybridized carbons (Fsp3) is 0.375. The van der Waals surface area contributed by atoms with Gasteiger partial charge < -0.3 is 9.64 Å². The predicted octanol–water partition coefficient (Wildman–Crippen LogP) is 2.89. The Bertz CT molecular complexity index is 706. The minimum atomic E-state index is 0.0238. The summed E-state index contributed by atoms with van der Waals surface area (Å²) in [7, 11) is 0. The number of benzene rings is 1. The van der Waals surface area contributed by atoms with E-state index in [1.807, 2.05) is 29.2 Å². The van der Waals surface area contributed by atoms with Crippen LogP contribution in [0.3, 0.4) is 0 Å². The van der Waals surface area contributed by atoms with Gasteiger partial charge in [-0.2, -0.15) is 0 Å². The van der Waals surface area contributed by atoms with E-state index in [1.54, 1.807) is 6.07 Å². The molecule has 1 aromatic carbocycles. The number of amides is 1. The van der Waals surface area contributed by atoms with Crippen LogP contribution >= 0.6 is 11.6 Å². The lowest BCUT2D eigenvalue weighted by molar-refractivity contribution is -0.0302. The van der Waals surface area contributed by atoms with Gasteiger partial charge in [0.25, 0.3) is 5.91 Å². The molecule has 21 heavy (non-hydrogen) atoms. The van der Waals surface area contributed by atoms with Crippen LogP contribution in [-0.4, -0.2) is 41.1 Å². The second-order valence-electron chi connectivity index (χ2n) is 5.68. The van der Waals surface area contributed by atoms with Crippen molar-refractivity contribution < 1.29 is 9.53 Å². The van der Waals surface area contributed by atoms with Gasteiger partial charge in [-0.1, -0.05) is 29.8 Å². The Hall–Kier alpha value is -1.65. The van der Waals surface area contributed by atoms with Crippen molar-refractivity contribution in [1.29, 1.82) is 0 Å². The van der Waals surface area contributed by atoms with Crippen molar-refractivity contribution in [1.82, 2.24) is 9.88 Å². The molecule has 4 rings (SSSR count). The van der Waals surface area contributed by atoms with Crippen molar-refractivity contribution in [2.45, 2.75) is 25.0 Å². The number of fused-ring (bicyclic) bond motifs is 3. The molecule has 2 atom stereocenters. The van der Waals surface area contributed by atoms with Gasteiger partial charge in [-0.25, -0.2) is 4.98 Å². The normalized spacial score (nSPS) is 24.5. The lowest BCUT2D eigenvalue weighted by Gasteiger charge is -2.32. The lowest BCUT2D eigenvalue weighted by Crippen LogP contribution is -2.45. The van der Waals surface area contributed by atoms with Crippen LogP contribution in [0.25, 0.3) is 10.9 Å². The molecule has 2 fully saturated rings. The second-order valence-corrected chi connectivity index (χ2v) is 6.06. The first-order valence-corrected chi connectivity index (χ1v) is 7.58. The molecule has 1 aromatic heterocycles. The van der Waals surface area contributed by atoms with Crippen LogP contribution in [0.2, 0.25) is 5.15 Å². The van der Waals surface area contributed by atoms with Crippen LogP contribution in [0.5, 0.6) is 0 Å². The zero-order valence-electron chi connectivity index (χ0n) is 11.5. The van der Waals surface area contributed by atoms with Gasteiger partial charge in [0.15, 0.2) is 0 Å². The molecule has 108 valence electrons. The maximum atomic E-state index is 12.9. The molecule has 2 aromatic rings. The number of hydrogen-bond donors (Lipinski definition) is 0. The minimum absolute atomic E-state index is 0.0238. The number of likely N-dealkylation sites (tertiary alicyclic amines) is 1. The Morgan fingerprint density at radius 2 is 1.95 bits per heavy atom. The summed E-state index contributed by atoms with van der Waals surface area (Å²) in [5.74, 6) is 0.0238. The summed E-state index contributed by atoms with van der Waals surface area (Å²) in [6.07, 6.45) is 2.48. The van der Waals surface area contributed by atoms with Gasteiger partial charge in [0, 0.05) is 18.5 Å². The maximum Gasteiger partial charge on any atom is 0.254 e. The average Bonchev–Trinajstić information content (AvgIpc) is 2.84. The van der Waals surface area contributed by atoms with E-state index in [2.05, 4.69) is 4.98 Å². The second kappa shape index (κ2) is 4.97. The van der Waals surface area contributed by atoms with E-state index in [-0.39, 0.29) is 18.1 Å². The fourth-order valence-corrected chi connectivity index (χ4v) is 3.47. The van der Waals surface area contributed by atoms with E-state index in [4.69, 9.17) is 16.3 Å². The van der Waals surface area contributed by atoms with E-state index in [1.165, 1.54) is 0 Å². The van der Waals surface area contributed by atoms with E-state index >= 15 is 0 Å². The van der Waals surface area contributed by atoms with Crippen molar-refractivity contribution >= 4 is 28.4 Å². The van der Waals surface area contributed by atoms with Gasteiger partial charge in [-0.05, 0) is 25.0 Å². The molecule has 5 heteroatoms. The van der Waals surface area contributed by atoms with E-state index < -0.39 is 0 Å². The molecule has 2 aliphatic rings. The Labute approximate surface area is 127 Å². The number of aromatic nitrogens is 1. The third kappa shape index (κ3) is 2.28. The molecule has 0 N–H and O–H groups in total. The molecule has 0 aliphatic carbocycles. The molecular formula is C16H15ClN2O2. The minimum Gasteiger partial charge on any atom is -0.371 e. The first-order chi connectivity index (χ1) is 10.2. The average molecular weight is 303 g/mol. The quantitative estimate of drug-likeness (QED) is 0.761. The molecule has 2 aliphatic heterocycles. The first-order valence-electron chi connectivity index (χ1n) is 7.21. The van der Waals surface area contributed by atoms with Crippen LogP contribution in [0.4, 0.5) is 0 Å². The highest BCUT2D eigenvalue weighted by Crippen LogP contribution is 2.29. The monoisotopic (exact) mass is 302 g/mol. The number of nitrogens with zero attached hydrogens (tertiary/aromatic N) is 2. The van der Waals surface area contributed by atoms with Crippen LogP contribution in [-0.2, 0) is 4.74 Å². The van der Waals surface area contributed by atoms with Crippen molar-refractivity contribution in [2.24, 2.45) is 0 Å². The molecule has 4 nitrogen and oxygen atoms in total. The Morgan fingerprint density at radius 1 is 1.24 bits per heavy atom. The molecule has 2 saturated heterocycles. The summed E-state index contributed by atoms with van der Waals surface area (Å²) in [6, 6.07) is 9.28. The molecule has 3 heterocycles. The smallest absolute Gasteiger partial charge is 0.254 e. The zero-order chi connectivity index (χ0) is 14.4. The van der Waals surface area contributed by atoms with Crippen LogP contribution in [0.1, 0.15) is 23.2 Å². The fourth-order valence-electron chi connectivity index (χ4n) is 3.27. The van der Waals surface area contributed by atoms with Crippen molar-refractivity contribution in [3.05, 3.63) is 41.0 Å². The summed E-state index contributed by atoms with van der Waals surface area (Å²) in [5, 5.41) is 1.21. The number of hydrogen-bond acceptors (Lipinski definition) is 3. The SMILES string of the molecule is O=C(c1cc(Cl)nc2ccccc12)N1CC2CCC(C1)O2. The molecule has 2 unspecified atom stereocenters. The Balaban J connectivity index is 1.74. The van der Waals surface area contributed by atoms with Crippen LogP contribution in [0, 0.1) is 0 Å². The topological polar surface area (TPSA) is 42.4 Å². The largest absolute Gasteiger partial charge is 0.371 e. The van der Waals surface area contributed by atoms with Crippen molar-refractivity contribution in [3.63, 3.8) is 0 Å². The molecule has 0 radical (unpaired) electrons. The number of ether oxygens (including phenoxy) is 1. The number of halogens is 1. The van der Waals surface area contributed by atoms with Gasteiger partial charge in [0.1, 0.15) is 5.15 Å². The summed E-state index contributed by atoms with van der Waals surface area (Å²) in [5.41, 5.74) is 1.39. The zero-order valence-corrected chi connectivity index (χ0v) is 12.2. The summed E-state index contributed by atoms with van der Waals surface area (Å²) in [4.78, 5) is 19.0. The highest BCUT2D eigenvalue weighted by molar-refractivity contribution is 6.30. The number of pyridine rings is 1. The first kappa shape index (κ1) is 13.0. The lowest BCUT2D eigenvalue weighted by atomic mass is 10.1. The molecule has 0 spiro atoms. The van der Waals surface area contributed by atoms with Gasteiger partial charge in [-0.3, -0.25) is 4.79 Å². The number of para-hydroxylation sites is 1. The van der Waals surface area contributed by atoms with Crippen LogP contribution < -0.4 is 0 Å². The third-order valence-electron chi connectivity index (χ3n) is 4.25. The number of carbonyl (C=O) groups is 1.